The molecule has 2 aliphatic rings. The van der Waals surface area contributed by atoms with Crippen LogP contribution in [0.5, 0.6) is 0 Å². The predicted octanol–water partition coefficient (Wildman–Crippen LogP) is 0.132. The van der Waals surface area contributed by atoms with Gasteiger partial charge in [0.05, 0.1) is 0 Å². The highest BCUT2D eigenvalue weighted by molar-refractivity contribution is 6.09. The summed E-state index contributed by atoms with van der Waals surface area (Å²) in [6, 6.07) is 5.23. The molecule has 0 aromatic heterocycles. The number of hydrogen-bond acceptors (Lipinski definition) is 6. The molecular formula is C18H20N4O6. The lowest BCUT2D eigenvalue weighted by atomic mass is 9.98. The summed E-state index contributed by atoms with van der Waals surface area (Å²) in [5, 5.41) is 5.15. The molecule has 1 aromatic carbocycles. The van der Waals surface area contributed by atoms with Gasteiger partial charge in [-0.3, -0.25) is 24.1 Å². The number of imide groups is 1. The van der Waals surface area contributed by atoms with Gasteiger partial charge in [0.2, 0.25) is 5.91 Å². The van der Waals surface area contributed by atoms with Crippen LogP contribution in [0.4, 0.5) is 10.5 Å². The first-order valence-corrected chi connectivity index (χ1v) is 8.80. The minimum Gasteiger partial charge on any atom is -0.454 e. The fraction of sp³-hybridized carbons (Fsp3) is 0.389. The van der Waals surface area contributed by atoms with Crippen LogP contribution in [0.2, 0.25) is 0 Å². The number of nitrogens with zero attached hydrogens (tertiary/aromatic N) is 1. The van der Waals surface area contributed by atoms with Crippen molar-refractivity contribution < 1.29 is 28.7 Å². The predicted molar refractivity (Wildman–Crippen MR) is 96.0 cm³/mol. The Kier molecular flexibility index (Phi) is 5.30. The number of amides is 5. The summed E-state index contributed by atoms with van der Waals surface area (Å²) in [6.45, 7) is -1.13. The molecule has 0 unspecified atom stereocenters. The first-order chi connectivity index (χ1) is 13.3. The van der Waals surface area contributed by atoms with E-state index in [-0.39, 0.29) is 5.56 Å². The molecule has 28 heavy (non-hydrogen) atoms. The van der Waals surface area contributed by atoms with Crippen LogP contribution in [0.1, 0.15) is 36.0 Å². The van der Waals surface area contributed by atoms with Crippen LogP contribution in [0.3, 0.4) is 0 Å². The Labute approximate surface area is 160 Å². The van der Waals surface area contributed by atoms with E-state index in [1.807, 2.05) is 0 Å². The van der Waals surface area contributed by atoms with E-state index >= 15 is 0 Å². The maximum atomic E-state index is 12.5. The van der Waals surface area contributed by atoms with Crippen molar-refractivity contribution in [2.45, 2.75) is 31.2 Å². The number of nitrogens with two attached hydrogens (primary N) is 1. The van der Waals surface area contributed by atoms with Crippen molar-refractivity contribution in [2.24, 2.45) is 5.73 Å². The highest BCUT2D eigenvalue weighted by Crippen LogP contribution is 2.34. The van der Waals surface area contributed by atoms with Crippen molar-refractivity contribution in [2.75, 3.05) is 18.5 Å². The molecule has 0 atom stereocenters. The van der Waals surface area contributed by atoms with Gasteiger partial charge in [-0.1, -0.05) is 12.8 Å². The zero-order chi connectivity index (χ0) is 20.3. The zero-order valence-electron chi connectivity index (χ0n) is 15.0. The number of rotatable bonds is 6. The number of benzene rings is 1. The third-order valence-corrected chi connectivity index (χ3v) is 4.81. The van der Waals surface area contributed by atoms with Gasteiger partial charge in [-0.2, -0.15) is 0 Å². The molecule has 2 fully saturated rings. The van der Waals surface area contributed by atoms with Crippen LogP contribution in [-0.2, 0) is 19.1 Å². The standard InChI is InChI=1S/C18H20N4O6/c19-15(25)11-3-5-12(6-4-11)20-13(23)10-28-14(24)9-22-16(26)18(21-17(22)27)7-1-2-8-18/h3-6H,1-2,7-10H2,(H2,19,25)(H,20,23)(H,21,27). The van der Waals surface area contributed by atoms with Crippen molar-refractivity contribution in [3.05, 3.63) is 29.8 Å². The number of esters is 1. The van der Waals surface area contributed by atoms with E-state index < -0.39 is 48.4 Å². The van der Waals surface area contributed by atoms with Crippen LogP contribution in [0.25, 0.3) is 0 Å². The fourth-order valence-electron chi connectivity index (χ4n) is 3.37. The first kappa shape index (κ1) is 19.3. The summed E-state index contributed by atoms with van der Waals surface area (Å²) in [4.78, 5) is 60.1. The molecule has 1 saturated heterocycles. The van der Waals surface area contributed by atoms with E-state index in [1.165, 1.54) is 24.3 Å². The normalized spacial score (nSPS) is 17.5. The van der Waals surface area contributed by atoms with Crippen LogP contribution in [-0.4, -0.2) is 53.3 Å². The van der Waals surface area contributed by atoms with Gasteiger partial charge in [0.15, 0.2) is 6.61 Å². The van der Waals surface area contributed by atoms with Crippen LogP contribution < -0.4 is 16.4 Å². The number of hydrogen-bond donors (Lipinski definition) is 3. The zero-order valence-corrected chi connectivity index (χ0v) is 15.0. The lowest BCUT2D eigenvalue weighted by Crippen LogP contribution is -2.44. The molecule has 3 rings (SSSR count). The lowest BCUT2D eigenvalue weighted by molar-refractivity contribution is -0.150. The van der Waals surface area contributed by atoms with E-state index in [0.29, 0.717) is 18.5 Å². The number of primary amides is 1. The van der Waals surface area contributed by atoms with Gasteiger partial charge in [0, 0.05) is 11.3 Å². The van der Waals surface area contributed by atoms with Gasteiger partial charge in [0.1, 0.15) is 12.1 Å². The average Bonchev–Trinajstić information content (AvgIpc) is 3.21. The van der Waals surface area contributed by atoms with Crippen molar-refractivity contribution in [3.8, 4) is 0 Å². The number of carbonyl (C=O) groups excluding carboxylic acids is 5. The maximum absolute atomic E-state index is 12.5. The Morgan fingerprint density at radius 3 is 2.39 bits per heavy atom. The molecule has 148 valence electrons. The van der Waals surface area contributed by atoms with Crippen LogP contribution >= 0.6 is 0 Å². The second-order valence-electron chi connectivity index (χ2n) is 6.76. The number of carbonyl (C=O) groups is 5. The van der Waals surface area contributed by atoms with Crippen molar-refractivity contribution in [1.82, 2.24) is 10.2 Å². The van der Waals surface area contributed by atoms with Crippen LogP contribution in [0.15, 0.2) is 24.3 Å². The molecule has 1 aliphatic heterocycles. The second kappa shape index (κ2) is 7.67. The van der Waals surface area contributed by atoms with Gasteiger partial charge in [-0.15, -0.1) is 0 Å². The molecule has 5 amide bonds. The Morgan fingerprint density at radius 1 is 1.14 bits per heavy atom. The van der Waals surface area contributed by atoms with Gasteiger partial charge in [-0.25, -0.2) is 4.79 Å². The number of urea groups is 1. The van der Waals surface area contributed by atoms with E-state index in [2.05, 4.69) is 10.6 Å². The highest BCUT2D eigenvalue weighted by Gasteiger charge is 2.52. The molecule has 1 aliphatic carbocycles. The third-order valence-electron chi connectivity index (χ3n) is 4.81. The van der Waals surface area contributed by atoms with Crippen LogP contribution in [0, 0.1) is 0 Å². The Hall–Kier alpha value is -3.43. The highest BCUT2D eigenvalue weighted by atomic mass is 16.5. The summed E-state index contributed by atoms with van der Waals surface area (Å²) in [5.74, 6) is -2.49. The number of nitrogens with one attached hydrogen (secondary N) is 2. The summed E-state index contributed by atoms with van der Waals surface area (Å²) in [5.41, 5.74) is 4.92. The minimum absolute atomic E-state index is 0.290. The summed E-state index contributed by atoms with van der Waals surface area (Å²) in [6.07, 6.45) is 2.79. The van der Waals surface area contributed by atoms with Gasteiger partial charge >= 0.3 is 12.0 Å². The minimum atomic E-state index is -0.897. The topological polar surface area (TPSA) is 148 Å². The van der Waals surface area contributed by atoms with Crippen molar-refractivity contribution >= 4 is 35.4 Å². The van der Waals surface area contributed by atoms with Gasteiger partial charge in [0.25, 0.3) is 11.8 Å². The molecule has 1 aromatic rings. The Morgan fingerprint density at radius 2 is 1.79 bits per heavy atom. The Bertz CT molecular complexity index is 829. The lowest BCUT2D eigenvalue weighted by Gasteiger charge is -2.19. The first-order valence-electron chi connectivity index (χ1n) is 8.80. The monoisotopic (exact) mass is 388 g/mol. The summed E-state index contributed by atoms with van der Waals surface area (Å²) >= 11 is 0. The van der Waals surface area contributed by atoms with Gasteiger partial charge in [-0.05, 0) is 37.1 Å². The smallest absolute Gasteiger partial charge is 0.326 e. The molecule has 0 radical (unpaired) electrons. The molecule has 10 nitrogen and oxygen atoms in total. The van der Waals surface area contributed by atoms with Gasteiger partial charge < -0.3 is 21.1 Å². The van der Waals surface area contributed by atoms with E-state index in [4.69, 9.17) is 10.5 Å². The SMILES string of the molecule is NC(=O)c1ccc(NC(=O)COC(=O)CN2C(=O)NC3(CCCC3)C2=O)cc1. The largest absolute Gasteiger partial charge is 0.454 e. The second-order valence-corrected chi connectivity index (χ2v) is 6.76. The molecule has 10 heteroatoms. The molecule has 1 saturated carbocycles. The molecular weight excluding hydrogens is 368 g/mol. The average molecular weight is 388 g/mol. The molecule has 0 bridgehead atoms. The molecule has 4 N–H and O–H groups in total. The molecule has 1 spiro atoms. The number of anilines is 1. The third kappa shape index (κ3) is 3.95. The Balaban J connectivity index is 1.47. The van der Waals surface area contributed by atoms with E-state index in [0.717, 1.165) is 17.7 Å². The molecule has 1 heterocycles. The van der Waals surface area contributed by atoms with E-state index in [1.54, 1.807) is 0 Å². The number of ether oxygens (including phenoxy) is 1. The van der Waals surface area contributed by atoms with Crippen molar-refractivity contribution in [3.63, 3.8) is 0 Å². The summed E-state index contributed by atoms with van der Waals surface area (Å²) in [7, 11) is 0. The van der Waals surface area contributed by atoms with Crippen molar-refractivity contribution in [1.29, 1.82) is 0 Å². The fourth-order valence-corrected chi connectivity index (χ4v) is 3.37. The summed E-state index contributed by atoms with van der Waals surface area (Å²) < 4.78 is 4.85. The quantitative estimate of drug-likeness (QED) is 0.466. The van der Waals surface area contributed by atoms with E-state index in [9.17, 15) is 24.0 Å². The maximum Gasteiger partial charge on any atom is 0.326 e.